The van der Waals surface area contributed by atoms with Crippen LogP contribution in [-0.4, -0.2) is 11.6 Å². The van der Waals surface area contributed by atoms with Crippen LogP contribution in [0.2, 0.25) is 0 Å². The third kappa shape index (κ3) is 2.87. The molecule has 0 heterocycles. The van der Waals surface area contributed by atoms with E-state index in [0.717, 1.165) is 31.2 Å². The number of ketones is 2. The average Bonchev–Trinajstić information content (AvgIpc) is 2.75. The van der Waals surface area contributed by atoms with E-state index in [9.17, 15) is 9.59 Å². The van der Waals surface area contributed by atoms with Crippen molar-refractivity contribution < 1.29 is 9.59 Å². The highest BCUT2D eigenvalue weighted by molar-refractivity contribution is 5.83. The highest BCUT2D eigenvalue weighted by atomic mass is 16.1. The van der Waals surface area contributed by atoms with Crippen molar-refractivity contribution in [2.24, 2.45) is 5.92 Å². The molecule has 1 aromatic carbocycles. The largest absolute Gasteiger partial charge is 0.299 e. The lowest BCUT2D eigenvalue weighted by Crippen LogP contribution is -2.10. The summed E-state index contributed by atoms with van der Waals surface area (Å²) < 4.78 is 0. The van der Waals surface area contributed by atoms with Gasteiger partial charge in [0.1, 0.15) is 11.6 Å². The molecule has 1 aromatic rings. The Morgan fingerprint density at radius 1 is 1.33 bits per heavy atom. The molecule has 1 aliphatic carbocycles. The molecule has 0 saturated heterocycles. The van der Waals surface area contributed by atoms with Crippen LogP contribution in [0.3, 0.4) is 0 Å². The molecule has 0 radical (unpaired) electrons. The molecule has 0 N–H and O–H groups in total. The van der Waals surface area contributed by atoms with Gasteiger partial charge in [0, 0.05) is 18.3 Å². The lowest BCUT2D eigenvalue weighted by atomic mass is 9.93. The molecule has 0 bridgehead atoms. The predicted octanol–water partition coefficient (Wildman–Crippen LogP) is 3.29. The lowest BCUT2D eigenvalue weighted by Gasteiger charge is -2.11. The molecule has 18 heavy (non-hydrogen) atoms. The highest BCUT2D eigenvalue weighted by Gasteiger charge is 2.24. The quantitative estimate of drug-likeness (QED) is 0.814. The Bertz CT molecular complexity index is 445. The van der Waals surface area contributed by atoms with Gasteiger partial charge in [-0.05, 0) is 37.3 Å². The molecule has 1 aliphatic rings. The molecule has 2 unspecified atom stereocenters. The van der Waals surface area contributed by atoms with Gasteiger partial charge in [-0.3, -0.25) is 9.59 Å². The van der Waals surface area contributed by atoms with Crippen molar-refractivity contribution in [3.63, 3.8) is 0 Å². The Balaban J connectivity index is 2.03. The average molecular weight is 244 g/mol. The Morgan fingerprint density at radius 3 is 2.50 bits per heavy atom. The predicted molar refractivity (Wildman–Crippen MR) is 71.6 cm³/mol. The maximum atomic E-state index is 11.6. The van der Waals surface area contributed by atoms with E-state index in [1.165, 1.54) is 5.56 Å². The zero-order chi connectivity index (χ0) is 13.1. The second-order valence-corrected chi connectivity index (χ2v) is 5.33. The van der Waals surface area contributed by atoms with Crippen LogP contribution in [0.1, 0.15) is 50.2 Å². The van der Waals surface area contributed by atoms with Gasteiger partial charge >= 0.3 is 0 Å². The second-order valence-electron chi connectivity index (χ2n) is 5.33. The molecule has 2 rings (SSSR count). The number of hydrogen-bond donors (Lipinski definition) is 0. The Labute approximate surface area is 108 Å². The molecule has 2 atom stereocenters. The molecular formula is C16H20O2. The van der Waals surface area contributed by atoms with E-state index in [2.05, 4.69) is 12.1 Å². The topological polar surface area (TPSA) is 34.1 Å². The summed E-state index contributed by atoms with van der Waals surface area (Å²) in [6, 6.07) is 8.14. The molecule has 96 valence electrons. The van der Waals surface area contributed by atoms with E-state index >= 15 is 0 Å². The van der Waals surface area contributed by atoms with Gasteiger partial charge in [-0.1, -0.05) is 31.2 Å². The SMILES string of the molecule is CC(=O)C(C)c1ccc(CC2CCCC2=O)cc1. The molecule has 2 nitrogen and oxygen atoms in total. The molecule has 0 aromatic heterocycles. The van der Waals surface area contributed by atoms with E-state index in [4.69, 9.17) is 0 Å². The van der Waals surface area contributed by atoms with Crippen LogP contribution in [0, 0.1) is 5.92 Å². The van der Waals surface area contributed by atoms with E-state index < -0.39 is 0 Å². The fraction of sp³-hybridized carbons (Fsp3) is 0.500. The molecule has 0 aliphatic heterocycles. The first-order valence-electron chi connectivity index (χ1n) is 6.70. The van der Waals surface area contributed by atoms with Crippen LogP contribution < -0.4 is 0 Å². The molecule has 2 heteroatoms. The summed E-state index contributed by atoms with van der Waals surface area (Å²) >= 11 is 0. The van der Waals surface area contributed by atoms with Crippen molar-refractivity contribution in [1.82, 2.24) is 0 Å². The zero-order valence-corrected chi connectivity index (χ0v) is 11.1. The standard InChI is InChI=1S/C16H20O2/c1-11(12(2)17)14-8-6-13(7-9-14)10-15-4-3-5-16(15)18/h6-9,11,15H,3-5,10H2,1-2H3. The zero-order valence-electron chi connectivity index (χ0n) is 11.1. The van der Waals surface area contributed by atoms with Gasteiger partial charge in [0.15, 0.2) is 0 Å². The number of carbonyl (C=O) groups excluding carboxylic acids is 2. The lowest BCUT2D eigenvalue weighted by molar-refractivity contribution is -0.120. The maximum Gasteiger partial charge on any atom is 0.136 e. The van der Waals surface area contributed by atoms with Crippen LogP contribution in [0.15, 0.2) is 24.3 Å². The summed E-state index contributed by atoms with van der Waals surface area (Å²) in [6.45, 7) is 3.55. The van der Waals surface area contributed by atoms with Gasteiger partial charge in [-0.25, -0.2) is 0 Å². The van der Waals surface area contributed by atoms with Crippen LogP contribution in [0.4, 0.5) is 0 Å². The Hall–Kier alpha value is -1.44. The smallest absolute Gasteiger partial charge is 0.136 e. The summed E-state index contributed by atoms with van der Waals surface area (Å²) in [4.78, 5) is 22.9. The third-order valence-corrected chi connectivity index (χ3v) is 4.00. The minimum absolute atomic E-state index is 0.0350. The molecule has 1 saturated carbocycles. The first kappa shape index (κ1) is 13.0. The fourth-order valence-electron chi connectivity index (χ4n) is 2.57. The van der Waals surface area contributed by atoms with Crippen LogP contribution >= 0.6 is 0 Å². The summed E-state index contributed by atoms with van der Waals surface area (Å²) in [5.74, 6) is 0.790. The van der Waals surface area contributed by atoms with E-state index in [1.807, 2.05) is 19.1 Å². The van der Waals surface area contributed by atoms with Crippen molar-refractivity contribution in [2.75, 3.05) is 0 Å². The van der Waals surface area contributed by atoms with E-state index in [1.54, 1.807) is 6.92 Å². The number of benzene rings is 1. The van der Waals surface area contributed by atoms with Crippen molar-refractivity contribution in [3.05, 3.63) is 35.4 Å². The third-order valence-electron chi connectivity index (χ3n) is 4.00. The molecule has 0 amide bonds. The highest BCUT2D eigenvalue weighted by Crippen LogP contribution is 2.25. The number of rotatable bonds is 4. The van der Waals surface area contributed by atoms with E-state index in [-0.39, 0.29) is 17.6 Å². The summed E-state index contributed by atoms with van der Waals surface area (Å²) in [7, 11) is 0. The van der Waals surface area contributed by atoms with Crippen LogP contribution in [0.25, 0.3) is 0 Å². The fourth-order valence-corrected chi connectivity index (χ4v) is 2.57. The summed E-state index contributed by atoms with van der Waals surface area (Å²) in [6.07, 6.45) is 3.69. The van der Waals surface area contributed by atoms with Crippen LogP contribution in [-0.2, 0) is 16.0 Å². The molecular weight excluding hydrogens is 224 g/mol. The number of carbonyl (C=O) groups is 2. The van der Waals surface area contributed by atoms with Crippen LogP contribution in [0.5, 0.6) is 0 Å². The molecule has 1 fully saturated rings. The molecule has 0 spiro atoms. The number of hydrogen-bond acceptors (Lipinski definition) is 2. The summed E-state index contributed by atoms with van der Waals surface area (Å²) in [5.41, 5.74) is 2.26. The first-order valence-corrected chi connectivity index (χ1v) is 6.70. The van der Waals surface area contributed by atoms with Gasteiger partial charge < -0.3 is 0 Å². The Kier molecular flexibility index (Phi) is 3.95. The normalized spacial score (nSPS) is 21.0. The number of Topliss-reactive ketones (excluding diaryl/α,β-unsaturated/α-hetero) is 2. The van der Waals surface area contributed by atoms with Crippen molar-refractivity contribution >= 4 is 11.6 Å². The monoisotopic (exact) mass is 244 g/mol. The van der Waals surface area contributed by atoms with Gasteiger partial charge in [0.2, 0.25) is 0 Å². The van der Waals surface area contributed by atoms with Crippen molar-refractivity contribution in [2.45, 2.75) is 45.4 Å². The summed E-state index contributed by atoms with van der Waals surface area (Å²) in [5, 5.41) is 0. The van der Waals surface area contributed by atoms with Gasteiger partial charge in [0.05, 0.1) is 0 Å². The van der Waals surface area contributed by atoms with Gasteiger partial charge in [-0.15, -0.1) is 0 Å². The van der Waals surface area contributed by atoms with E-state index in [0.29, 0.717) is 5.78 Å². The minimum atomic E-state index is -0.0350. The first-order chi connectivity index (χ1) is 8.58. The van der Waals surface area contributed by atoms with Gasteiger partial charge in [0.25, 0.3) is 0 Å². The van der Waals surface area contributed by atoms with Crippen molar-refractivity contribution in [1.29, 1.82) is 0 Å². The second kappa shape index (κ2) is 5.47. The maximum absolute atomic E-state index is 11.6. The Morgan fingerprint density at radius 2 is 2.00 bits per heavy atom. The van der Waals surface area contributed by atoms with Crippen molar-refractivity contribution in [3.8, 4) is 0 Å². The minimum Gasteiger partial charge on any atom is -0.299 e. The van der Waals surface area contributed by atoms with Gasteiger partial charge in [-0.2, -0.15) is 0 Å².